The molecule has 0 aliphatic heterocycles. The lowest BCUT2D eigenvalue weighted by Crippen LogP contribution is -2.09. The summed E-state index contributed by atoms with van der Waals surface area (Å²) in [5.74, 6) is 0. The molecule has 0 saturated heterocycles. The Balaban J connectivity index is 1.21. The predicted molar refractivity (Wildman–Crippen MR) is 270 cm³/mol. The van der Waals surface area contributed by atoms with E-state index in [2.05, 4.69) is 140 Å². The highest BCUT2D eigenvalue weighted by molar-refractivity contribution is 6.12. The second-order valence-corrected chi connectivity index (χ2v) is 17.9. The summed E-state index contributed by atoms with van der Waals surface area (Å²) in [6.45, 7) is 10.2. The van der Waals surface area contributed by atoms with Crippen LogP contribution in [0.4, 0.5) is 13.2 Å². The highest BCUT2D eigenvalue weighted by Gasteiger charge is 2.35. The zero-order valence-electron chi connectivity index (χ0n) is 37.7. The van der Waals surface area contributed by atoms with Gasteiger partial charge in [0.2, 0.25) is 0 Å². The number of halogens is 3. The van der Waals surface area contributed by atoms with E-state index in [0.29, 0.717) is 27.8 Å². The molecule has 3 nitrogen and oxygen atoms in total. The van der Waals surface area contributed by atoms with Gasteiger partial charge in [0.15, 0.2) is 0 Å². The fourth-order valence-corrected chi connectivity index (χ4v) is 10.5. The summed E-state index contributed by atoms with van der Waals surface area (Å²) in [4.78, 5) is 0. The van der Waals surface area contributed by atoms with E-state index < -0.39 is 11.7 Å². The van der Waals surface area contributed by atoms with Crippen LogP contribution in [-0.4, -0.2) is 9.13 Å². The number of fused-ring (bicyclic) bond motifs is 6. The molecule has 2 heterocycles. The molecule has 324 valence electrons. The molecule has 6 heteroatoms. The third kappa shape index (κ3) is 6.89. The Kier molecular flexibility index (Phi) is 9.79. The fraction of sp³-hybridized carbons (Fsp3) is 0.0984. The van der Waals surface area contributed by atoms with Crippen molar-refractivity contribution in [3.63, 3.8) is 0 Å². The van der Waals surface area contributed by atoms with Crippen molar-refractivity contribution in [3.05, 3.63) is 215 Å². The Morgan fingerprint density at radius 1 is 0.418 bits per heavy atom. The second kappa shape index (κ2) is 15.8. The number of alkyl halides is 3. The van der Waals surface area contributed by atoms with Gasteiger partial charge in [0.05, 0.1) is 45.0 Å². The minimum Gasteiger partial charge on any atom is -0.309 e. The third-order valence-corrected chi connectivity index (χ3v) is 13.5. The van der Waals surface area contributed by atoms with Crippen molar-refractivity contribution in [2.75, 3.05) is 0 Å². The minimum absolute atomic E-state index is 0.102. The first-order valence-electron chi connectivity index (χ1n) is 22.5. The topological polar surface area (TPSA) is 33.6 Å². The van der Waals surface area contributed by atoms with Gasteiger partial charge < -0.3 is 9.13 Å². The number of para-hydroxylation sites is 2. The van der Waals surface area contributed by atoms with Crippen molar-refractivity contribution in [2.45, 2.75) is 40.8 Å². The van der Waals surface area contributed by atoms with Crippen molar-refractivity contribution in [3.8, 4) is 62.0 Å². The van der Waals surface area contributed by atoms with E-state index in [-0.39, 0.29) is 5.56 Å². The van der Waals surface area contributed by atoms with Gasteiger partial charge in [-0.15, -0.1) is 0 Å². The van der Waals surface area contributed by atoms with Gasteiger partial charge in [-0.3, -0.25) is 0 Å². The highest BCUT2D eigenvalue weighted by atomic mass is 19.4. The summed E-state index contributed by atoms with van der Waals surface area (Å²) >= 11 is 0. The molecule has 0 fully saturated rings. The van der Waals surface area contributed by atoms with Crippen molar-refractivity contribution >= 4 is 43.6 Å². The summed E-state index contributed by atoms with van der Waals surface area (Å²) in [6, 6.07) is 60.6. The molecule has 0 atom stereocenters. The van der Waals surface area contributed by atoms with E-state index in [1.165, 1.54) is 28.3 Å². The lowest BCUT2D eigenvalue weighted by molar-refractivity contribution is -0.137. The zero-order valence-corrected chi connectivity index (χ0v) is 37.7. The van der Waals surface area contributed by atoms with Crippen molar-refractivity contribution in [1.82, 2.24) is 9.13 Å². The van der Waals surface area contributed by atoms with Crippen LogP contribution < -0.4 is 0 Å². The maximum Gasteiger partial charge on any atom is 0.417 e. The van der Waals surface area contributed by atoms with Crippen LogP contribution in [0.5, 0.6) is 0 Å². The first-order valence-corrected chi connectivity index (χ1v) is 22.5. The van der Waals surface area contributed by atoms with Crippen LogP contribution in [0.2, 0.25) is 0 Å². The third-order valence-electron chi connectivity index (χ3n) is 13.5. The molecule has 0 amide bonds. The minimum atomic E-state index is -4.63. The van der Waals surface area contributed by atoms with Gasteiger partial charge in [-0.2, -0.15) is 18.4 Å². The number of aryl methyl sites for hydroxylation is 5. The lowest BCUT2D eigenvalue weighted by atomic mass is 9.87. The van der Waals surface area contributed by atoms with E-state index in [9.17, 15) is 5.26 Å². The van der Waals surface area contributed by atoms with Crippen molar-refractivity contribution < 1.29 is 13.2 Å². The quantitative estimate of drug-likeness (QED) is 0.164. The van der Waals surface area contributed by atoms with Gasteiger partial charge in [-0.1, -0.05) is 114 Å². The average molecular weight is 876 g/mol. The molecule has 9 aromatic carbocycles. The van der Waals surface area contributed by atoms with Crippen molar-refractivity contribution in [1.29, 1.82) is 5.26 Å². The Morgan fingerprint density at radius 2 is 0.970 bits per heavy atom. The summed E-state index contributed by atoms with van der Waals surface area (Å²) in [6.07, 6.45) is -4.63. The molecule has 0 N–H and O–H groups in total. The predicted octanol–water partition coefficient (Wildman–Crippen LogP) is 17.0. The number of benzene rings is 9. The molecule has 0 aliphatic carbocycles. The van der Waals surface area contributed by atoms with Gasteiger partial charge in [-0.25, -0.2) is 0 Å². The molecule has 0 aliphatic rings. The van der Waals surface area contributed by atoms with E-state index in [1.54, 1.807) is 19.1 Å². The smallest absolute Gasteiger partial charge is 0.309 e. The van der Waals surface area contributed by atoms with Gasteiger partial charge in [0.25, 0.3) is 0 Å². The van der Waals surface area contributed by atoms with Crippen LogP contribution in [0.1, 0.15) is 38.9 Å². The molecule has 11 rings (SSSR count). The number of nitriles is 1. The van der Waals surface area contributed by atoms with Crippen LogP contribution in [0, 0.1) is 45.9 Å². The fourth-order valence-electron chi connectivity index (χ4n) is 10.5. The van der Waals surface area contributed by atoms with Gasteiger partial charge in [0.1, 0.15) is 0 Å². The Labute approximate surface area is 387 Å². The molecular weight excluding hydrogens is 832 g/mol. The maximum absolute atomic E-state index is 15.2. The van der Waals surface area contributed by atoms with E-state index in [0.717, 1.165) is 83.3 Å². The first kappa shape index (κ1) is 41.6. The normalized spacial score (nSPS) is 11.9. The summed E-state index contributed by atoms with van der Waals surface area (Å²) in [5.41, 5.74) is 16.5. The molecule has 67 heavy (non-hydrogen) atoms. The SMILES string of the molecule is Cc1ccc(-c2ccc3c(c2)c2ccccc2n3-c2ccc(-c3c(C)cccc3C(F)(F)F)c(-c3cc(C#N)ccc3-n3c4ccccc4c4cc(-c5ccc(C)cc5C)ccc43)c2)c(C)c1. The van der Waals surface area contributed by atoms with Crippen LogP contribution in [0.15, 0.2) is 176 Å². The standard InChI is InChI=1S/C61H44F3N3/c1-36-17-23-45(39(4)29-36)42-20-27-57-52(32-42)47-12-6-8-15-55(47)66(57)44-22-25-49(60-38(3)11-10-14-54(60)61(62,63)64)50(34-44)51-31-41(35-65)19-26-58(51)67-56-16-9-7-13-48(56)53-33-43(21-28-59(53)67)46-24-18-37(2)30-40(46)5/h6-34H,1-5H3. The maximum atomic E-state index is 15.2. The summed E-state index contributed by atoms with van der Waals surface area (Å²) in [5, 5.41) is 14.7. The molecule has 0 radical (unpaired) electrons. The van der Waals surface area contributed by atoms with Crippen molar-refractivity contribution in [2.24, 2.45) is 0 Å². The Hall–Kier alpha value is -8.14. The van der Waals surface area contributed by atoms with Crippen LogP contribution >= 0.6 is 0 Å². The number of aromatic nitrogens is 2. The average Bonchev–Trinajstić information content (AvgIpc) is 3.83. The highest BCUT2D eigenvalue weighted by Crippen LogP contribution is 2.47. The van der Waals surface area contributed by atoms with E-state index in [1.807, 2.05) is 54.6 Å². The van der Waals surface area contributed by atoms with E-state index >= 15 is 13.2 Å². The Morgan fingerprint density at radius 3 is 1.55 bits per heavy atom. The number of hydrogen-bond acceptors (Lipinski definition) is 1. The summed E-state index contributed by atoms with van der Waals surface area (Å²) in [7, 11) is 0. The van der Waals surface area contributed by atoms with Crippen LogP contribution in [-0.2, 0) is 6.18 Å². The number of nitrogens with zero attached hydrogens (tertiary/aromatic N) is 3. The molecule has 0 saturated carbocycles. The second-order valence-electron chi connectivity index (χ2n) is 17.9. The van der Waals surface area contributed by atoms with Crippen LogP contribution in [0.3, 0.4) is 0 Å². The molecular formula is C61H44F3N3. The molecule has 2 aromatic heterocycles. The van der Waals surface area contributed by atoms with E-state index in [4.69, 9.17) is 0 Å². The first-order chi connectivity index (χ1) is 32.4. The Bertz CT molecular complexity index is 3870. The zero-order chi connectivity index (χ0) is 46.3. The number of hydrogen-bond donors (Lipinski definition) is 0. The molecule has 0 spiro atoms. The summed E-state index contributed by atoms with van der Waals surface area (Å²) < 4.78 is 50.1. The van der Waals surface area contributed by atoms with Gasteiger partial charge in [-0.05, 0) is 163 Å². The largest absolute Gasteiger partial charge is 0.417 e. The van der Waals surface area contributed by atoms with Gasteiger partial charge in [0, 0.05) is 32.8 Å². The number of rotatable bonds is 6. The monoisotopic (exact) mass is 875 g/mol. The molecule has 0 bridgehead atoms. The molecule has 11 aromatic rings. The lowest BCUT2D eigenvalue weighted by Gasteiger charge is -2.22. The van der Waals surface area contributed by atoms with Crippen LogP contribution in [0.25, 0.3) is 99.5 Å². The van der Waals surface area contributed by atoms with Gasteiger partial charge >= 0.3 is 6.18 Å². The molecule has 0 unspecified atom stereocenters.